The van der Waals surface area contributed by atoms with Gasteiger partial charge in [-0.3, -0.25) is 9.59 Å². The fourth-order valence-electron chi connectivity index (χ4n) is 0. The van der Waals surface area contributed by atoms with Gasteiger partial charge in [0.2, 0.25) is 0 Å². The predicted octanol–water partition coefficient (Wildman–Crippen LogP) is -1.10. The van der Waals surface area contributed by atoms with Gasteiger partial charge in [-0.25, -0.2) is 0 Å². The molecule has 0 aliphatic rings. The van der Waals surface area contributed by atoms with Gasteiger partial charge < -0.3 is 18.3 Å². The van der Waals surface area contributed by atoms with Crippen LogP contribution in [0.5, 0.6) is 0 Å². The van der Waals surface area contributed by atoms with E-state index in [0.717, 1.165) is 0 Å². The molecule has 0 aromatic heterocycles. The Morgan fingerprint density at radius 1 is 1.27 bits per heavy atom. The van der Waals surface area contributed by atoms with Gasteiger partial charge >= 0.3 is 37.7 Å². The van der Waals surface area contributed by atoms with Gasteiger partial charge in [-0.2, -0.15) is 0 Å². The summed E-state index contributed by atoms with van der Waals surface area (Å²) in [4.78, 5) is 25.1. The van der Waals surface area contributed by atoms with Crippen molar-refractivity contribution < 1.29 is 32.9 Å². The largest absolute Gasteiger partial charge is 2.00 e. The van der Waals surface area contributed by atoms with Crippen molar-refractivity contribution >= 4 is 50.7 Å². The maximum absolute atomic E-state index is 8.36. The zero-order chi connectivity index (χ0) is 8.99. The molecular formula is C2H7CaNO7. The molecule has 0 bridgehead atoms. The van der Waals surface area contributed by atoms with Crippen LogP contribution in [0.1, 0.15) is 2.85 Å². The van der Waals surface area contributed by atoms with Gasteiger partial charge in [0, 0.05) is 0 Å². The molecule has 0 radical (unpaired) electrons. The predicted molar refractivity (Wildman–Crippen MR) is 34.1 cm³/mol. The minimum atomic E-state index is -1.50. The molecule has 0 saturated carbocycles. The number of hydrogen-bond donors (Lipinski definition) is 3. The van der Waals surface area contributed by atoms with Gasteiger partial charge in [0.05, 0.1) is 0 Å². The first kappa shape index (κ1) is 22.4. The van der Waals surface area contributed by atoms with E-state index in [-0.39, 0.29) is 53.5 Å². The quantitative estimate of drug-likeness (QED) is 0.194. The third-order valence-corrected chi connectivity index (χ3v) is 0. The van der Waals surface area contributed by atoms with Gasteiger partial charge in [0.25, 0.3) is 18.0 Å². The minimum absolute atomic E-state index is 0. The Morgan fingerprint density at radius 3 is 1.27 bits per heavy atom. The number of hydrogen-bond acceptors (Lipinski definition) is 4. The second-order valence-electron chi connectivity index (χ2n) is 0.449. The van der Waals surface area contributed by atoms with E-state index in [9.17, 15) is 0 Å². The molecule has 0 spiro atoms. The van der Waals surface area contributed by atoms with Crippen molar-refractivity contribution in [2.24, 2.45) is 0 Å². The average molecular weight is 197 g/mol. The van der Waals surface area contributed by atoms with E-state index in [1.54, 1.807) is 0 Å². The summed E-state index contributed by atoms with van der Waals surface area (Å²) < 4.78 is 0. The Kier molecular flexibility index (Phi) is 69.9. The van der Waals surface area contributed by atoms with E-state index >= 15 is 0 Å². The van der Waals surface area contributed by atoms with Crippen LogP contribution in [0.15, 0.2) is 0 Å². The minimum Gasteiger partial charge on any atom is -1.00 e. The maximum atomic E-state index is 8.36. The first-order valence-corrected chi connectivity index (χ1v) is 1.55. The summed E-state index contributed by atoms with van der Waals surface area (Å²) in [7, 11) is 0. The van der Waals surface area contributed by atoms with Crippen molar-refractivity contribution in [3.8, 4) is 0 Å². The normalized spacial score (nSPS) is 4.36. The summed E-state index contributed by atoms with van der Waals surface area (Å²) in [6.45, 7) is -0.500. The molecule has 0 fully saturated rings. The third kappa shape index (κ3) is 1430. The summed E-state index contributed by atoms with van der Waals surface area (Å²) in [5.74, 6) is 0. The van der Waals surface area contributed by atoms with Crippen molar-refractivity contribution in [1.29, 1.82) is 0 Å². The van der Waals surface area contributed by atoms with Crippen LogP contribution in [0.2, 0.25) is 0 Å². The Balaban J connectivity index is -0.0000000128. The van der Waals surface area contributed by atoms with Crippen LogP contribution in [0, 0.1) is 10.1 Å². The average Bonchev–Trinajstić information content (AvgIpc) is 1.65. The van der Waals surface area contributed by atoms with Crippen molar-refractivity contribution in [1.82, 2.24) is 0 Å². The molecule has 9 heteroatoms. The first-order valence-electron chi connectivity index (χ1n) is 1.55. The van der Waals surface area contributed by atoms with E-state index in [1.165, 1.54) is 0 Å². The summed E-state index contributed by atoms with van der Waals surface area (Å²) >= 11 is 0. The van der Waals surface area contributed by atoms with Gasteiger partial charge in [-0.15, -0.1) is 10.1 Å². The topological polar surface area (TPSA) is 138 Å². The Hall–Kier alpha value is -0.600. The molecule has 0 aliphatic carbocycles. The summed E-state index contributed by atoms with van der Waals surface area (Å²) in [5.41, 5.74) is 0. The zero-order valence-corrected chi connectivity index (χ0v) is 7.49. The van der Waals surface area contributed by atoms with Gasteiger partial charge in [-0.05, 0) is 0 Å². The van der Waals surface area contributed by atoms with E-state index in [1.807, 2.05) is 0 Å². The molecule has 8 nitrogen and oxygen atoms in total. The molecule has 0 rings (SSSR count). The van der Waals surface area contributed by atoms with Gasteiger partial charge in [0.15, 0.2) is 0 Å². The molecule has 3 N–H and O–H groups in total. The molecule has 0 aliphatic heterocycles. The number of carbonyl (C=O) groups is 2. The molecular weight excluding hydrogens is 190 g/mol. The van der Waals surface area contributed by atoms with Crippen LogP contribution < -0.4 is 0 Å². The Morgan fingerprint density at radius 2 is 1.27 bits per heavy atom. The standard InChI is InChI=1S/2CH2O2.Ca.HNO3.2H/c2*2-1-3;;2-1(3)4;;/h2*1H,(H,2,3);;(H,2,3,4);;/q;;+2;;2*-1. The van der Waals surface area contributed by atoms with Crippen LogP contribution in [0.4, 0.5) is 0 Å². The van der Waals surface area contributed by atoms with E-state index in [0.29, 0.717) is 0 Å². The zero-order valence-electron chi connectivity index (χ0n) is 7.28. The molecule has 0 aromatic carbocycles. The molecule has 0 saturated heterocycles. The smallest absolute Gasteiger partial charge is 1.00 e. The summed E-state index contributed by atoms with van der Waals surface area (Å²) in [5, 5.41) is 27.4. The molecule has 0 aromatic rings. The number of rotatable bonds is 0. The maximum Gasteiger partial charge on any atom is 2.00 e. The van der Waals surface area contributed by atoms with Gasteiger partial charge in [-0.1, -0.05) is 0 Å². The number of nitrogens with zero attached hydrogens (tertiary/aromatic N) is 1. The molecule has 0 unspecified atom stereocenters. The summed E-state index contributed by atoms with van der Waals surface area (Å²) in [6.07, 6.45) is 0. The SMILES string of the molecule is O=CO.O=CO.O=[N+]([O-])O.[Ca+2].[H-].[H-]. The van der Waals surface area contributed by atoms with Crippen LogP contribution in [0.25, 0.3) is 0 Å². The fraction of sp³-hybridized carbons (Fsp3) is 0. The van der Waals surface area contributed by atoms with Crippen molar-refractivity contribution in [2.75, 3.05) is 0 Å². The van der Waals surface area contributed by atoms with Crippen molar-refractivity contribution in [2.45, 2.75) is 0 Å². The Bertz CT molecular complexity index is 92.5. The molecule has 0 amide bonds. The van der Waals surface area contributed by atoms with Crippen LogP contribution >= 0.6 is 0 Å². The molecule has 11 heavy (non-hydrogen) atoms. The van der Waals surface area contributed by atoms with Gasteiger partial charge in [0.1, 0.15) is 0 Å². The molecule has 0 heterocycles. The second kappa shape index (κ2) is 34.3. The number of carboxylic acid groups (broad SMARTS) is 2. The third-order valence-electron chi connectivity index (χ3n) is 0. The van der Waals surface area contributed by atoms with Crippen LogP contribution in [0.3, 0.4) is 0 Å². The van der Waals surface area contributed by atoms with Crippen molar-refractivity contribution in [3.63, 3.8) is 0 Å². The second-order valence-corrected chi connectivity index (χ2v) is 0.449. The molecule has 64 valence electrons. The Labute approximate surface area is 93.5 Å². The van der Waals surface area contributed by atoms with Crippen molar-refractivity contribution in [3.05, 3.63) is 10.1 Å². The summed E-state index contributed by atoms with van der Waals surface area (Å²) in [6, 6.07) is 0. The first-order chi connectivity index (χ1) is 4.56. The fourth-order valence-corrected chi connectivity index (χ4v) is 0. The van der Waals surface area contributed by atoms with Crippen LogP contribution in [-0.2, 0) is 9.59 Å². The van der Waals surface area contributed by atoms with E-state index < -0.39 is 5.09 Å². The molecule has 0 atom stereocenters. The van der Waals surface area contributed by atoms with E-state index in [2.05, 4.69) is 0 Å². The monoisotopic (exact) mass is 197 g/mol. The van der Waals surface area contributed by atoms with Crippen LogP contribution in [-0.4, -0.2) is 71.2 Å². The van der Waals surface area contributed by atoms with E-state index in [4.69, 9.17) is 35.1 Å².